The highest BCUT2D eigenvalue weighted by molar-refractivity contribution is 9.11. The van der Waals surface area contributed by atoms with Crippen molar-refractivity contribution in [2.45, 2.75) is 19.4 Å². The summed E-state index contributed by atoms with van der Waals surface area (Å²) in [6.45, 7) is 1.50. The number of rotatable bonds is 6. The van der Waals surface area contributed by atoms with Gasteiger partial charge in [0.25, 0.3) is 11.1 Å². The van der Waals surface area contributed by atoms with Crippen molar-refractivity contribution in [2.75, 3.05) is 19.6 Å². The molecule has 33 heavy (non-hydrogen) atoms. The van der Waals surface area contributed by atoms with Gasteiger partial charge in [0.1, 0.15) is 18.9 Å². The van der Waals surface area contributed by atoms with E-state index in [1.54, 1.807) is 23.1 Å². The minimum absolute atomic E-state index is 0.191. The highest BCUT2D eigenvalue weighted by Crippen LogP contribution is 2.38. The second kappa shape index (κ2) is 10.6. The molecule has 2 heterocycles. The zero-order chi connectivity index (χ0) is 23.5. The predicted molar refractivity (Wildman–Crippen MR) is 136 cm³/mol. The Bertz CT molecular complexity index is 1110. The Morgan fingerprint density at radius 3 is 2.36 bits per heavy atom. The van der Waals surface area contributed by atoms with E-state index in [-0.39, 0.29) is 17.4 Å². The quantitative estimate of drug-likeness (QED) is 0.368. The molecule has 2 aliphatic rings. The smallest absolute Gasteiger partial charge is 0.294 e. The molecule has 0 spiro atoms. The van der Waals surface area contributed by atoms with E-state index in [0.29, 0.717) is 45.0 Å². The maximum atomic E-state index is 12.8. The lowest BCUT2D eigenvalue weighted by Gasteiger charge is -2.18. The van der Waals surface area contributed by atoms with Crippen LogP contribution < -0.4 is 4.74 Å². The number of benzene rings is 2. The van der Waals surface area contributed by atoms with Crippen LogP contribution in [0.15, 0.2) is 50.2 Å². The van der Waals surface area contributed by atoms with Crippen LogP contribution in [0.5, 0.6) is 5.75 Å². The molecule has 0 atom stereocenters. The van der Waals surface area contributed by atoms with Crippen LogP contribution in [0.3, 0.4) is 0 Å². The highest BCUT2D eigenvalue weighted by atomic mass is 79.9. The number of carbonyl (C=O) groups excluding carboxylic acids is 3. The average molecular weight is 615 g/mol. The number of halogens is 3. The topological polar surface area (TPSA) is 66.9 Å². The van der Waals surface area contributed by atoms with Gasteiger partial charge in [-0.1, -0.05) is 23.7 Å². The molecular weight excluding hydrogens is 596 g/mol. The molecular formula is C23H19Br2ClN2O4S. The first-order valence-corrected chi connectivity index (χ1v) is 13.0. The summed E-state index contributed by atoms with van der Waals surface area (Å²) in [6.07, 6.45) is 3.55. The minimum atomic E-state index is -0.451. The molecule has 4 rings (SSSR count). The Kier molecular flexibility index (Phi) is 7.83. The third-order valence-electron chi connectivity index (χ3n) is 5.24. The van der Waals surface area contributed by atoms with E-state index in [1.165, 1.54) is 0 Å². The van der Waals surface area contributed by atoms with Gasteiger partial charge in [-0.25, -0.2) is 0 Å². The van der Waals surface area contributed by atoms with Crippen LogP contribution in [0.1, 0.15) is 24.0 Å². The zero-order valence-corrected chi connectivity index (χ0v) is 22.1. The van der Waals surface area contributed by atoms with Crippen molar-refractivity contribution in [2.24, 2.45) is 0 Å². The summed E-state index contributed by atoms with van der Waals surface area (Å²) in [5.74, 6) is -0.0250. The van der Waals surface area contributed by atoms with E-state index >= 15 is 0 Å². The van der Waals surface area contributed by atoms with Crippen molar-refractivity contribution >= 4 is 78.4 Å². The molecule has 6 nitrogen and oxygen atoms in total. The standard InChI is InChI=1S/C23H19Br2ClN2O4S/c24-17-9-15(10-18(25)21(17)32-13-14-3-5-16(26)6-4-14)11-19-22(30)28(23(31)33-19)12-20(29)27-7-1-2-8-27/h3-6,9-11H,1-2,7-8,12-13H2/b19-11-. The predicted octanol–water partition coefficient (Wildman–Crippen LogP) is 6.10. The van der Waals surface area contributed by atoms with Crippen molar-refractivity contribution in [3.63, 3.8) is 0 Å². The van der Waals surface area contributed by atoms with Gasteiger partial charge < -0.3 is 9.64 Å². The van der Waals surface area contributed by atoms with Crippen molar-refractivity contribution in [3.8, 4) is 5.75 Å². The normalized spacial score (nSPS) is 17.4. The van der Waals surface area contributed by atoms with Gasteiger partial charge in [-0.2, -0.15) is 0 Å². The molecule has 0 aromatic heterocycles. The van der Waals surface area contributed by atoms with Crippen molar-refractivity contribution < 1.29 is 19.1 Å². The second-order valence-electron chi connectivity index (χ2n) is 7.58. The molecule has 10 heteroatoms. The molecule has 0 radical (unpaired) electrons. The fourth-order valence-electron chi connectivity index (χ4n) is 3.53. The molecule has 172 valence electrons. The van der Waals surface area contributed by atoms with Crippen LogP contribution >= 0.6 is 55.2 Å². The number of hydrogen-bond donors (Lipinski definition) is 0. The summed E-state index contributed by atoms with van der Waals surface area (Å²) in [6, 6.07) is 11.0. The van der Waals surface area contributed by atoms with Gasteiger partial charge in [0, 0.05) is 18.1 Å². The van der Waals surface area contributed by atoms with Gasteiger partial charge in [0.05, 0.1) is 13.9 Å². The molecule has 2 aromatic carbocycles. The number of hydrogen-bond acceptors (Lipinski definition) is 5. The van der Waals surface area contributed by atoms with Gasteiger partial charge >= 0.3 is 0 Å². The number of imide groups is 1. The maximum absolute atomic E-state index is 12.8. The monoisotopic (exact) mass is 612 g/mol. The van der Waals surface area contributed by atoms with Crippen LogP contribution in [0.4, 0.5) is 4.79 Å². The van der Waals surface area contributed by atoms with E-state index in [0.717, 1.165) is 35.1 Å². The first-order chi connectivity index (χ1) is 15.8. The van der Waals surface area contributed by atoms with Crippen molar-refractivity contribution in [1.29, 1.82) is 0 Å². The average Bonchev–Trinajstić information content (AvgIpc) is 3.39. The van der Waals surface area contributed by atoms with Crippen LogP contribution in [0, 0.1) is 0 Å². The Morgan fingerprint density at radius 1 is 1.09 bits per heavy atom. The van der Waals surface area contributed by atoms with Gasteiger partial charge in [-0.3, -0.25) is 19.3 Å². The molecule has 0 bridgehead atoms. The molecule has 0 N–H and O–H groups in total. The van der Waals surface area contributed by atoms with E-state index in [1.807, 2.05) is 24.3 Å². The van der Waals surface area contributed by atoms with Crippen LogP contribution in [0.25, 0.3) is 6.08 Å². The minimum Gasteiger partial charge on any atom is -0.487 e. The van der Waals surface area contributed by atoms with Gasteiger partial charge in [-0.05, 0) is 97.9 Å². The van der Waals surface area contributed by atoms with E-state index in [2.05, 4.69) is 31.9 Å². The molecule has 0 unspecified atom stereocenters. The Balaban J connectivity index is 1.45. The SMILES string of the molecule is O=C(CN1C(=O)S/C(=C\c2cc(Br)c(OCc3ccc(Cl)cc3)c(Br)c2)C1=O)N1CCCC1. The summed E-state index contributed by atoms with van der Waals surface area (Å²) in [4.78, 5) is 40.5. The largest absolute Gasteiger partial charge is 0.487 e. The van der Waals surface area contributed by atoms with Crippen LogP contribution in [-0.4, -0.2) is 46.5 Å². The zero-order valence-electron chi connectivity index (χ0n) is 17.4. The first-order valence-electron chi connectivity index (χ1n) is 10.2. The summed E-state index contributed by atoms with van der Waals surface area (Å²) in [5.41, 5.74) is 1.68. The van der Waals surface area contributed by atoms with Crippen LogP contribution in [-0.2, 0) is 16.2 Å². The summed E-state index contributed by atoms with van der Waals surface area (Å²) >= 11 is 13.8. The lowest BCUT2D eigenvalue weighted by molar-refractivity contribution is -0.135. The molecule has 2 fully saturated rings. The summed E-state index contributed by atoms with van der Waals surface area (Å²) in [7, 11) is 0. The number of thioether (sulfide) groups is 1. The fourth-order valence-corrected chi connectivity index (χ4v) is 5.94. The molecule has 2 saturated heterocycles. The number of likely N-dealkylation sites (tertiary alicyclic amines) is 1. The molecule has 2 aromatic rings. The van der Waals surface area contributed by atoms with Gasteiger partial charge in [0.2, 0.25) is 5.91 Å². The molecule has 0 aliphatic carbocycles. The molecule has 2 aliphatic heterocycles. The van der Waals surface area contributed by atoms with E-state index in [4.69, 9.17) is 16.3 Å². The van der Waals surface area contributed by atoms with Crippen molar-refractivity contribution in [1.82, 2.24) is 9.80 Å². The van der Waals surface area contributed by atoms with Crippen molar-refractivity contribution in [3.05, 3.63) is 66.4 Å². The van der Waals surface area contributed by atoms with E-state index in [9.17, 15) is 14.4 Å². The lowest BCUT2D eigenvalue weighted by Crippen LogP contribution is -2.40. The molecule has 3 amide bonds. The molecule has 0 saturated carbocycles. The first kappa shape index (κ1) is 24.3. The Morgan fingerprint density at radius 2 is 1.73 bits per heavy atom. The van der Waals surface area contributed by atoms with Gasteiger partial charge in [0.15, 0.2) is 0 Å². The highest BCUT2D eigenvalue weighted by Gasteiger charge is 2.37. The van der Waals surface area contributed by atoms with Gasteiger partial charge in [-0.15, -0.1) is 0 Å². The van der Waals surface area contributed by atoms with E-state index < -0.39 is 11.1 Å². The second-order valence-corrected chi connectivity index (χ2v) is 10.7. The maximum Gasteiger partial charge on any atom is 0.294 e. The Hall–Kier alpha value is -1.81. The number of amides is 3. The third-order valence-corrected chi connectivity index (χ3v) is 7.58. The Labute approximate surface area is 217 Å². The number of nitrogens with zero attached hydrogens (tertiary/aromatic N) is 2. The number of carbonyl (C=O) groups is 3. The lowest BCUT2D eigenvalue weighted by atomic mass is 10.2. The summed E-state index contributed by atoms with van der Waals surface area (Å²) in [5, 5.41) is 0.232. The number of ether oxygens (including phenoxy) is 1. The fraction of sp³-hybridized carbons (Fsp3) is 0.261. The summed E-state index contributed by atoms with van der Waals surface area (Å²) < 4.78 is 7.32. The third kappa shape index (κ3) is 5.82. The van der Waals surface area contributed by atoms with Crippen LogP contribution in [0.2, 0.25) is 5.02 Å².